The largest absolute Gasteiger partial charge is 0.343 e. The highest BCUT2D eigenvalue weighted by Gasteiger charge is 2.46. The average molecular weight is 358 g/mol. The second kappa shape index (κ2) is 7.60. The Kier molecular flexibility index (Phi) is 5.44. The maximum absolute atomic E-state index is 13.4. The van der Waals surface area contributed by atoms with Gasteiger partial charge in [0.2, 0.25) is 5.91 Å². The van der Waals surface area contributed by atoms with E-state index in [0.717, 1.165) is 36.8 Å². The van der Waals surface area contributed by atoms with E-state index in [4.69, 9.17) is 0 Å². The first-order valence-corrected chi connectivity index (χ1v) is 9.60. The van der Waals surface area contributed by atoms with Gasteiger partial charge in [0, 0.05) is 25.1 Å². The van der Waals surface area contributed by atoms with Crippen LogP contribution in [0.15, 0.2) is 29.8 Å². The van der Waals surface area contributed by atoms with Crippen LogP contribution in [0.2, 0.25) is 0 Å². The summed E-state index contributed by atoms with van der Waals surface area (Å²) in [5, 5.41) is 3.22. The Labute approximate surface area is 154 Å². The van der Waals surface area contributed by atoms with Crippen molar-refractivity contribution in [3.8, 4) is 0 Å². The summed E-state index contributed by atoms with van der Waals surface area (Å²) in [6.45, 7) is 4.88. The van der Waals surface area contributed by atoms with E-state index >= 15 is 0 Å². The number of nitrogens with one attached hydrogen (secondary N) is 1. The minimum absolute atomic E-state index is 0.0868. The summed E-state index contributed by atoms with van der Waals surface area (Å²) in [5.74, 6) is -0.338. The molecule has 1 spiro atoms. The highest BCUT2D eigenvalue weighted by atomic mass is 19.1. The smallest absolute Gasteiger partial charge is 0.252 e. The van der Waals surface area contributed by atoms with Crippen LogP contribution in [0, 0.1) is 5.82 Å². The molecule has 5 heteroatoms. The van der Waals surface area contributed by atoms with Gasteiger partial charge in [0.15, 0.2) is 0 Å². The van der Waals surface area contributed by atoms with E-state index in [1.165, 1.54) is 18.6 Å². The molecule has 26 heavy (non-hydrogen) atoms. The zero-order valence-corrected chi connectivity index (χ0v) is 15.6. The minimum atomic E-state index is -0.361. The second-order valence-electron chi connectivity index (χ2n) is 7.22. The van der Waals surface area contributed by atoms with Gasteiger partial charge in [-0.05, 0) is 43.0 Å². The number of halogens is 1. The third-order valence-electron chi connectivity index (χ3n) is 5.69. The summed E-state index contributed by atoms with van der Waals surface area (Å²) in [5.41, 5.74) is 1.98. The summed E-state index contributed by atoms with van der Waals surface area (Å²) in [4.78, 5) is 27.0. The van der Waals surface area contributed by atoms with Gasteiger partial charge in [-0.2, -0.15) is 0 Å². The molecule has 2 aliphatic rings. The first-order chi connectivity index (χ1) is 12.5. The van der Waals surface area contributed by atoms with E-state index in [1.54, 1.807) is 12.1 Å². The molecule has 1 aliphatic carbocycles. The number of likely N-dealkylation sites (N-methyl/N-ethyl adjacent to an activating group) is 1. The number of amides is 2. The van der Waals surface area contributed by atoms with Crippen LogP contribution in [-0.2, 0) is 9.59 Å². The third kappa shape index (κ3) is 3.39. The Morgan fingerprint density at radius 2 is 1.81 bits per heavy atom. The summed E-state index contributed by atoms with van der Waals surface area (Å²) in [7, 11) is 0. The van der Waals surface area contributed by atoms with Crippen LogP contribution < -0.4 is 5.32 Å². The summed E-state index contributed by atoms with van der Waals surface area (Å²) in [6, 6.07) is 6.08. The van der Waals surface area contributed by atoms with Crippen molar-refractivity contribution in [1.29, 1.82) is 0 Å². The number of rotatable bonds is 5. The summed E-state index contributed by atoms with van der Waals surface area (Å²) < 4.78 is 13.4. The fourth-order valence-corrected chi connectivity index (χ4v) is 4.26. The SMILES string of the molecule is CCC(=O)N(CC)CC1=C(c2ccc(F)cc2)C(=O)NC12CCCCC2. The molecule has 3 rings (SSSR count). The van der Waals surface area contributed by atoms with Crippen LogP contribution in [0.3, 0.4) is 0 Å². The van der Waals surface area contributed by atoms with Crippen molar-refractivity contribution >= 4 is 17.4 Å². The van der Waals surface area contributed by atoms with Crippen LogP contribution in [0.4, 0.5) is 4.39 Å². The van der Waals surface area contributed by atoms with Gasteiger partial charge < -0.3 is 10.2 Å². The normalized spacial score (nSPS) is 19.0. The minimum Gasteiger partial charge on any atom is -0.343 e. The molecule has 1 saturated carbocycles. The first kappa shape index (κ1) is 18.6. The fourth-order valence-electron chi connectivity index (χ4n) is 4.26. The molecule has 1 heterocycles. The molecule has 1 fully saturated rings. The van der Waals surface area contributed by atoms with Crippen molar-refractivity contribution < 1.29 is 14.0 Å². The molecule has 0 atom stereocenters. The molecule has 140 valence electrons. The van der Waals surface area contributed by atoms with Gasteiger partial charge in [-0.1, -0.05) is 38.3 Å². The Hall–Kier alpha value is -2.17. The molecule has 0 saturated heterocycles. The van der Waals surface area contributed by atoms with Crippen molar-refractivity contribution in [2.75, 3.05) is 13.1 Å². The predicted molar refractivity (Wildman–Crippen MR) is 99.8 cm³/mol. The molecule has 2 amide bonds. The van der Waals surface area contributed by atoms with Crippen LogP contribution >= 0.6 is 0 Å². The Morgan fingerprint density at radius 3 is 2.38 bits per heavy atom. The maximum Gasteiger partial charge on any atom is 0.252 e. The van der Waals surface area contributed by atoms with Gasteiger partial charge in [-0.3, -0.25) is 9.59 Å². The third-order valence-corrected chi connectivity index (χ3v) is 5.69. The van der Waals surface area contributed by atoms with Crippen molar-refractivity contribution in [3.63, 3.8) is 0 Å². The van der Waals surface area contributed by atoms with Gasteiger partial charge in [-0.25, -0.2) is 4.39 Å². The predicted octanol–water partition coefficient (Wildman–Crippen LogP) is 3.67. The lowest BCUT2D eigenvalue weighted by Gasteiger charge is -2.38. The molecule has 1 aromatic carbocycles. The Balaban J connectivity index is 2.07. The van der Waals surface area contributed by atoms with E-state index in [9.17, 15) is 14.0 Å². The maximum atomic E-state index is 13.4. The van der Waals surface area contributed by atoms with E-state index in [1.807, 2.05) is 18.7 Å². The van der Waals surface area contributed by atoms with Gasteiger partial charge in [0.05, 0.1) is 5.54 Å². The van der Waals surface area contributed by atoms with Crippen LogP contribution in [0.1, 0.15) is 57.9 Å². The number of carbonyl (C=O) groups excluding carboxylic acids is 2. The molecule has 1 aliphatic heterocycles. The second-order valence-corrected chi connectivity index (χ2v) is 7.22. The number of carbonyl (C=O) groups is 2. The molecular formula is C21H27FN2O2. The van der Waals surface area contributed by atoms with Gasteiger partial charge in [-0.15, -0.1) is 0 Å². The summed E-state index contributed by atoms with van der Waals surface area (Å²) >= 11 is 0. The fraction of sp³-hybridized carbons (Fsp3) is 0.524. The molecule has 4 nitrogen and oxygen atoms in total. The van der Waals surface area contributed by atoms with E-state index < -0.39 is 0 Å². The number of hydrogen-bond donors (Lipinski definition) is 1. The molecule has 1 N–H and O–H groups in total. The van der Waals surface area contributed by atoms with Crippen molar-refractivity contribution in [1.82, 2.24) is 10.2 Å². The standard InChI is InChI=1S/C21H27FN2O2/c1-3-18(25)24(4-2)14-17-19(15-8-10-16(22)11-9-15)20(26)23-21(17)12-6-5-7-13-21/h8-11H,3-7,12-14H2,1-2H3,(H,23,26). The lowest BCUT2D eigenvalue weighted by Crippen LogP contribution is -2.48. The first-order valence-electron chi connectivity index (χ1n) is 9.60. The van der Waals surface area contributed by atoms with Crippen molar-refractivity contribution in [2.24, 2.45) is 0 Å². The van der Waals surface area contributed by atoms with Crippen molar-refractivity contribution in [3.05, 3.63) is 41.2 Å². The molecular weight excluding hydrogens is 331 g/mol. The van der Waals surface area contributed by atoms with Gasteiger partial charge in [0.25, 0.3) is 5.91 Å². The van der Waals surface area contributed by atoms with Crippen LogP contribution in [0.5, 0.6) is 0 Å². The Bertz CT molecular complexity index is 718. The lowest BCUT2D eigenvalue weighted by atomic mass is 9.76. The lowest BCUT2D eigenvalue weighted by molar-refractivity contribution is -0.130. The van der Waals surface area contributed by atoms with Crippen LogP contribution in [-0.4, -0.2) is 35.3 Å². The summed E-state index contributed by atoms with van der Waals surface area (Å²) in [6.07, 6.45) is 5.54. The molecule has 0 aromatic heterocycles. The van der Waals surface area contributed by atoms with E-state index in [-0.39, 0.29) is 23.2 Å². The zero-order valence-electron chi connectivity index (χ0n) is 15.6. The molecule has 0 bridgehead atoms. The van der Waals surface area contributed by atoms with Crippen LogP contribution in [0.25, 0.3) is 5.57 Å². The number of nitrogens with zero attached hydrogens (tertiary/aromatic N) is 1. The van der Waals surface area contributed by atoms with E-state index in [2.05, 4.69) is 5.32 Å². The average Bonchev–Trinajstić information content (AvgIpc) is 2.91. The highest BCUT2D eigenvalue weighted by molar-refractivity contribution is 6.23. The molecule has 1 aromatic rings. The highest BCUT2D eigenvalue weighted by Crippen LogP contribution is 2.43. The number of benzene rings is 1. The molecule has 0 radical (unpaired) electrons. The monoisotopic (exact) mass is 358 g/mol. The van der Waals surface area contributed by atoms with Gasteiger partial charge in [0.1, 0.15) is 5.82 Å². The topological polar surface area (TPSA) is 49.4 Å². The quantitative estimate of drug-likeness (QED) is 0.873. The number of hydrogen-bond acceptors (Lipinski definition) is 2. The van der Waals surface area contributed by atoms with Gasteiger partial charge >= 0.3 is 0 Å². The zero-order chi connectivity index (χ0) is 18.7. The van der Waals surface area contributed by atoms with E-state index in [0.29, 0.717) is 25.1 Å². The Morgan fingerprint density at radius 1 is 1.15 bits per heavy atom. The van der Waals surface area contributed by atoms with Crippen molar-refractivity contribution in [2.45, 2.75) is 57.9 Å². The molecule has 0 unspecified atom stereocenters.